The maximum atomic E-state index is 13.4. The minimum Gasteiger partial charge on any atom is -0.507 e. The molecule has 0 spiro atoms. The first-order valence-corrected chi connectivity index (χ1v) is 11.3. The lowest BCUT2D eigenvalue weighted by molar-refractivity contribution is -0.132. The lowest BCUT2D eigenvalue weighted by Crippen LogP contribution is -2.29. The molecular formula is C26H19FN2O4S. The highest BCUT2D eigenvalue weighted by molar-refractivity contribution is 7.22. The molecule has 1 aliphatic rings. The Bertz CT molecular complexity index is 1460. The monoisotopic (exact) mass is 474 g/mol. The molecule has 3 aromatic carbocycles. The number of hydrogen-bond acceptors (Lipinski definition) is 6. The number of methoxy groups -OCH3 is 1. The molecule has 1 aromatic heterocycles. The first-order valence-electron chi connectivity index (χ1n) is 10.5. The van der Waals surface area contributed by atoms with Gasteiger partial charge in [0.1, 0.15) is 17.3 Å². The summed E-state index contributed by atoms with van der Waals surface area (Å²) in [5.74, 6) is -1.87. The van der Waals surface area contributed by atoms with Crippen molar-refractivity contribution in [2.45, 2.75) is 13.0 Å². The topological polar surface area (TPSA) is 79.7 Å². The number of rotatable bonds is 4. The number of aryl methyl sites for hydroxylation is 1. The van der Waals surface area contributed by atoms with Crippen molar-refractivity contribution in [1.29, 1.82) is 0 Å². The number of aromatic nitrogens is 1. The van der Waals surface area contributed by atoms with Gasteiger partial charge in [0.25, 0.3) is 5.78 Å². The Labute approximate surface area is 198 Å². The number of benzene rings is 3. The minimum absolute atomic E-state index is 0.0859. The van der Waals surface area contributed by atoms with Crippen molar-refractivity contribution in [2.75, 3.05) is 12.0 Å². The Kier molecular flexibility index (Phi) is 5.37. The second kappa shape index (κ2) is 8.39. The second-order valence-corrected chi connectivity index (χ2v) is 8.93. The summed E-state index contributed by atoms with van der Waals surface area (Å²) in [5.41, 5.74) is 2.50. The van der Waals surface area contributed by atoms with Gasteiger partial charge >= 0.3 is 5.91 Å². The SMILES string of the molecule is COc1ccc([C@@H]2C(=C(O)c3ccc(F)cc3)C(=O)C(=O)N2c2nc3ccc(C)cc3s2)cc1. The summed E-state index contributed by atoms with van der Waals surface area (Å²) in [6.45, 7) is 1.96. The van der Waals surface area contributed by atoms with E-state index < -0.39 is 23.5 Å². The van der Waals surface area contributed by atoms with Gasteiger partial charge < -0.3 is 9.84 Å². The Hall–Kier alpha value is -4.04. The van der Waals surface area contributed by atoms with Crippen LogP contribution in [0.5, 0.6) is 5.75 Å². The molecule has 0 unspecified atom stereocenters. The van der Waals surface area contributed by atoms with Gasteiger partial charge in [0.2, 0.25) is 0 Å². The summed E-state index contributed by atoms with van der Waals surface area (Å²) < 4.78 is 19.6. The molecule has 1 N–H and O–H groups in total. The number of carbonyl (C=O) groups excluding carboxylic acids is 2. The van der Waals surface area contributed by atoms with Crippen LogP contribution >= 0.6 is 11.3 Å². The highest BCUT2D eigenvalue weighted by Gasteiger charge is 2.48. The molecule has 6 nitrogen and oxygen atoms in total. The van der Waals surface area contributed by atoms with Crippen LogP contribution in [0.1, 0.15) is 22.7 Å². The molecule has 34 heavy (non-hydrogen) atoms. The Morgan fingerprint density at radius 3 is 2.44 bits per heavy atom. The fourth-order valence-electron chi connectivity index (χ4n) is 4.02. The highest BCUT2D eigenvalue weighted by atomic mass is 32.1. The fraction of sp³-hybridized carbons (Fsp3) is 0.115. The Morgan fingerprint density at radius 1 is 1.06 bits per heavy atom. The predicted octanol–water partition coefficient (Wildman–Crippen LogP) is 5.38. The van der Waals surface area contributed by atoms with Crippen LogP contribution in [0.15, 0.2) is 72.3 Å². The number of thiazole rings is 1. The maximum absolute atomic E-state index is 13.4. The van der Waals surface area contributed by atoms with E-state index >= 15 is 0 Å². The highest BCUT2D eigenvalue weighted by Crippen LogP contribution is 2.44. The van der Waals surface area contributed by atoms with Crippen molar-refractivity contribution in [2.24, 2.45) is 0 Å². The normalized spacial score (nSPS) is 17.5. The quantitative estimate of drug-likeness (QED) is 0.244. The molecule has 1 amide bonds. The van der Waals surface area contributed by atoms with E-state index in [4.69, 9.17) is 4.74 Å². The van der Waals surface area contributed by atoms with Crippen molar-refractivity contribution in [3.05, 3.63) is 94.8 Å². The molecule has 0 aliphatic carbocycles. The molecule has 1 atom stereocenters. The average molecular weight is 475 g/mol. The predicted molar refractivity (Wildman–Crippen MR) is 129 cm³/mol. The molecule has 170 valence electrons. The van der Waals surface area contributed by atoms with Crippen molar-refractivity contribution in [3.8, 4) is 5.75 Å². The standard InChI is InChI=1S/C26H19FN2O4S/c1-14-3-12-19-20(13-14)34-26(28-19)29-22(15-6-10-18(33-2)11-7-15)21(24(31)25(29)32)23(30)16-4-8-17(27)9-5-16/h3-13,22,30H,1-2H3/t22-/m1/s1. The molecule has 1 aliphatic heterocycles. The number of halogens is 1. The number of aliphatic hydroxyl groups excluding tert-OH is 1. The average Bonchev–Trinajstić information content (AvgIpc) is 3.37. The van der Waals surface area contributed by atoms with Crippen molar-refractivity contribution in [1.82, 2.24) is 4.98 Å². The number of ether oxygens (including phenoxy) is 1. The van der Waals surface area contributed by atoms with Gasteiger partial charge in [0.05, 0.1) is 28.9 Å². The van der Waals surface area contributed by atoms with E-state index in [1.807, 2.05) is 25.1 Å². The molecule has 0 bridgehead atoms. The van der Waals surface area contributed by atoms with Gasteiger partial charge in [-0.2, -0.15) is 0 Å². The number of hydrogen-bond donors (Lipinski definition) is 1. The van der Waals surface area contributed by atoms with Crippen LogP contribution < -0.4 is 9.64 Å². The van der Waals surface area contributed by atoms with E-state index in [0.717, 1.165) is 10.3 Å². The Morgan fingerprint density at radius 2 is 1.76 bits per heavy atom. The van der Waals surface area contributed by atoms with Crippen LogP contribution in [-0.2, 0) is 9.59 Å². The zero-order chi connectivity index (χ0) is 24.0. The van der Waals surface area contributed by atoms with Gasteiger partial charge in [-0.3, -0.25) is 14.5 Å². The molecule has 5 rings (SSSR count). The van der Waals surface area contributed by atoms with Crippen molar-refractivity contribution < 1.29 is 23.8 Å². The van der Waals surface area contributed by atoms with Gasteiger partial charge in [-0.25, -0.2) is 9.37 Å². The van der Waals surface area contributed by atoms with Crippen molar-refractivity contribution >= 4 is 44.1 Å². The van der Waals surface area contributed by atoms with E-state index in [-0.39, 0.29) is 16.9 Å². The first-order chi connectivity index (χ1) is 16.4. The van der Waals surface area contributed by atoms with E-state index in [9.17, 15) is 19.1 Å². The van der Waals surface area contributed by atoms with Crippen LogP contribution in [0.3, 0.4) is 0 Å². The smallest absolute Gasteiger partial charge is 0.301 e. The largest absolute Gasteiger partial charge is 0.507 e. The third-order valence-electron chi connectivity index (χ3n) is 5.73. The molecule has 0 saturated carbocycles. The molecule has 4 aromatic rings. The van der Waals surface area contributed by atoms with E-state index in [1.165, 1.54) is 40.5 Å². The summed E-state index contributed by atoms with van der Waals surface area (Å²) in [6.07, 6.45) is 0. The summed E-state index contributed by atoms with van der Waals surface area (Å²) in [4.78, 5) is 32.4. The van der Waals surface area contributed by atoms with Gasteiger partial charge in [0, 0.05) is 5.56 Å². The number of ketones is 1. The van der Waals surface area contributed by atoms with E-state index in [1.54, 1.807) is 31.4 Å². The number of aliphatic hydroxyl groups is 1. The third-order valence-corrected chi connectivity index (χ3v) is 6.75. The zero-order valence-electron chi connectivity index (χ0n) is 18.3. The van der Waals surface area contributed by atoms with Crippen LogP contribution in [0.4, 0.5) is 9.52 Å². The molecule has 1 fully saturated rings. The summed E-state index contributed by atoms with van der Waals surface area (Å²) in [5, 5.41) is 11.4. The lowest BCUT2D eigenvalue weighted by atomic mass is 9.95. The molecule has 8 heteroatoms. The first kappa shape index (κ1) is 21.8. The van der Waals surface area contributed by atoms with Crippen LogP contribution in [-0.4, -0.2) is 28.9 Å². The number of Topliss-reactive ketones (excluding diaryl/α,β-unsaturated/α-hetero) is 1. The molecule has 0 radical (unpaired) electrons. The number of amides is 1. The fourth-order valence-corrected chi connectivity index (χ4v) is 5.11. The number of nitrogens with zero attached hydrogens (tertiary/aromatic N) is 2. The summed E-state index contributed by atoms with van der Waals surface area (Å²) in [7, 11) is 1.54. The van der Waals surface area contributed by atoms with Crippen LogP contribution in [0.25, 0.3) is 16.0 Å². The third kappa shape index (κ3) is 3.62. The number of fused-ring (bicyclic) bond motifs is 1. The number of anilines is 1. The molecule has 1 saturated heterocycles. The summed E-state index contributed by atoms with van der Waals surface area (Å²) >= 11 is 1.30. The maximum Gasteiger partial charge on any atom is 0.301 e. The minimum atomic E-state index is -0.919. The van der Waals surface area contributed by atoms with Gasteiger partial charge in [-0.05, 0) is 66.6 Å². The molecular weight excluding hydrogens is 455 g/mol. The van der Waals surface area contributed by atoms with Gasteiger partial charge in [-0.15, -0.1) is 0 Å². The summed E-state index contributed by atoms with van der Waals surface area (Å²) in [6, 6.07) is 16.8. The van der Waals surface area contributed by atoms with E-state index in [2.05, 4.69) is 4.98 Å². The van der Waals surface area contributed by atoms with Crippen molar-refractivity contribution in [3.63, 3.8) is 0 Å². The van der Waals surface area contributed by atoms with Crippen LogP contribution in [0, 0.1) is 12.7 Å². The lowest BCUT2D eigenvalue weighted by Gasteiger charge is -2.23. The Balaban J connectivity index is 1.72. The van der Waals surface area contributed by atoms with Crippen LogP contribution in [0.2, 0.25) is 0 Å². The van der Waals surface area contributed by atoms with Gasteiger partial charge in [-0.1, -0.05) is 29.5 Å². The number of carbonyl (C=O) groups is 2. The zero-order valence-corrected chi connectivity index (χ0v) is 19.1. The molecule has 2 heterocycles. The van der Waals surface area contributed by atoms with Gasteiger partial charge in [0.15, 0.2) is 5.13 Å². The second-order valence-electron chi connectivity index (χ2n) is 7.92. The van der Waals surface area contributed by atoms with E-state index in [0.29, 0.717) is 22.0 Å².